The highest BCUT2D eigenvalue weighted by Gasteiger charge is 2.26. The number of hydrogen-bond donors (Lipinski definition) is 1. The van der Waals surface area contributed by atoms with E-state index in [2.05, 4.69) is 43.2 Å². The largest absolute Gasteiger partial charge is 0.300 e. The van der Waals surface area contributed by atoms with Crippen LogP contribution in [0.2, 0.25) is 0 Å². The van der Waals surface area contributed by atoms with Crippen LogP contribution >= 0.6 is 11.3 Å². The van der Waals surface area contributed by atoms with Crippen molar-refractivity contribution in [1.82, 2.24) is 10.2 Å². The highest BCUT2D eigenvalue weighted by Crippen LogP contribution is 2.29. The van der Waals surface area contributed by atoms with Crippen LogP contribution in [0.3, 0.4) is 0 Å². The molecule has 1 aromatic carbocycles. The molecule has 1 N–H and O–H groups in total. The van der Waals surface area contributed by atoms with Gasteiger partial charge in [0.2, 0.25) is 11.0 Å². The summed E-state index contributed by atoms with van der Waals surface area (Å²) in [5.41, 5.74) is 1.04. The molecule has 2 atom stereocenters. The standard InChI is InChI=1S/C17H23N3OS/c1-5-12(4)14(13-9-7-6-8-10-13)15(21)18-17-20-19-16(22-17)11(2)3/h6-12,14H,5H2,1-4H3,(H,18,20,21). The summed E-state index contributed by atoms with van der Waals surface area (Å²) in [6.07, 6.45) is 0.945. The van der Waals surface area contributed by atoms with Gasteiger partial charge in [-0.15, -0.1) is 10.2 Å². The monoisotopic (exact) mass is 317 g/mol. The lowest BCUT2D eigenvalue weighted by Crippen LogP contribution is -2.26. The molecule has 0 aliphatic carbocycles. The summed E-state index contributed by atoms with van der Waals surface area (Å²) in [7, 11) is 0. The maximum absolute atomic E-state index is 12.7. The van der Waals surface area contributed by atoms with E-state index < -0.39 is 0 Å². The van der Waals surface area contributed by atoms with Gasteiger partial charge in [0.05, 0.1) is 5.92 Å². The molecule has 0 saturated heterocycles. The zero-order valence-electron chi connectivity index (χ0n) is 13.5. The molecule has 118 valence electrons. The van der Waals surface area contributed by atoms with Gasteiger partial charge in [-0.3, -0.25) is 10.1 Å². The van der Waals surface area contributed by atoms with Crippen molar-refractivity contribution in [1.29, 1.82) is 0 Å². The number of hydrogen-bond acceptors (Lipinski definition) is 4. The number of nitrogens with one attached hydrogen (secondary N) is 1. The lowest BCUT2D eigenvalue weighted by Gasteiger charge is -2.22. The van der Waals surface area contributed by atoms with Crippen LogP contribution in [-0.2, 0) is 4.79 Å². The van der Waals surface area contributed by atoms with E-state index in [0.717, 1.165) is 17.0 Å². The number of anilines is 1. The first-order valence-electron chi connectivity index (χ1n) is 7.72. The van der Waals surface area contributed by atoms with Crippen molar-refractivity contribution >= 4 is 22.4 Å². The molecule has 2 rings (SSSR count). The molecule has 2 aromatic rings. The zero-order chi connectivity index (χ0) is 16.1. The minimum Gasteiger partial charge on any atom is -0.300 e. The number of benzene rings is 1. The maximum Gasteiger partial charge on any atom is 0.234 e. The third kappa shape index (κ3) is 3.91. The summed E-state index contributed by atoms with van der Waals surface area (Å²) in [6.45, 7) is 8.35. The molecule has 22 heavy (non-hydrogen) atoms. The van der Waals surface area contributed by atoms with Gasteiger partial charge in [-0.05, 0) is 11.5 Å². The van der Waals surface area contributed by atoms with Crippen molar-refractivity contribution in [3.8, 4) is 0 Å². The van der Waals surface area contributed by atoms with Crippen LogP contribution in [0.25, 0.3) is 0 Å². The average molecular weight is 317 g/mol. The Hall–Kier alpha value is -1.75. The predicted molar refractivity (Wildman–Crippen MR) is 91.3 cm³/mol. The molecule has 2 unspecified atom stereocenters. The minimum atomic E-state index is -0.169. The normalized spacial score (nSPS) is 13.9. The number of amides is 1. The number of carbonyl (C=O) groups excluding carboxylic acids is 1. The molecule has 0 saturated carbocycles. The highest BCUT2D eigenvalue weighted by atomic mass is 32.1. The summed E-state index contributed by atoms with van der Waals surface area (Å²) < 4.78 is 0. The second-order valence-electron chi connectivity index (χ2n) is 5.86. The van der Waals surface area contributed by atoms with Crippen molar-refractivity contribution in [3.63, 3.8) is 0 Å². The minimum absolute atomic E-state index is 0.00740. The second-order valence-corrected chi connectivity index (χ2v) is 6.87. The van der Waals surface area contributed by atoms with Crippen molar-refractivity contribution in [3.05, 3.63) is 40.9 Å². The van der Waals surface area contributed by atoms with E-state index in [1.807, 2.05) is 30.3 Å². The molecule has 0 fully saturated rings. The Balaban J connectivity index is 2.18. The predicted octanol–water partition coefficient (Wildman–Crippen LogP) is 4.43. The molecule has 0 radical (unpaired) electrons. The summed E-state index contributed by atoms with van der Waals surface area (Å²) in [6, 6.07) is 9.93. The first-order chi connectivity index (χ1) is 10.5. The fourth-order valence-electron chi connectivity index (χ4n) is 2.34. The van der Waals surface area contributed by atoms with Crippen LogP contribution in [0.5, 0.6) is 0 Å². The van der Waals surface area contributed by atoms with Gasteiger partial charge in [0.1, 0.15) is 5.01 Å². The third-order valence-corrected chi connectivity index (χ3v) is 4.96. The van der Waals surface area contributed by atoms with Crippen LogP contribution in [0.4, 0.5) is 5.13 Å². The van der Waals surface area contributed by atoms with Gasteiger partial charge >= 0.3 is 0 Å². The van der Waals surface area contributed by atoms with E-state index >= 15 is 0 Å². The van der Waals surface area contributed by atoms with Crippen LogP contribution in [0.1, 0.15) is 56.5 Å². The van der Waals surface area contributed by atoms with Gasteiger partial charge in [-0.2, -0.15) is 0 Å². The van der Waals surface area contributed by atoms with Crippen molar-refractivity contribution < 1.29 is 4.79 Å². The number of carbonyl (C=O) groups is 1. The van der Waals surface area contributed by atoms with Crippen LogP contribution < -0.4 is 5.32 Å². The van der Waals surface area contributed by atoms with Gasteiger partial charge in [0.25, 0.3) is 0 Å². The third-order valence-electron chi connectivity index (χ3n) is 3.82. The number of aromatic nitrogens is 2. The van der Waals surface area contributed by atoms with Crippen LogP contribution in [0, 0.1) is 5.92 Å². The Morgan fingerprint density at radius 2 is 1.86 bits per heavy atom. The summed E-state index contributed by atoms with van der Waals surface area (Å²) in [5, 5.41) is 12.7. The van der Waals surface area contributed by atoms with E-state index in [1.54, 1.807) is 0 Å². The van der Waals surface area contributed by atoms with Crippen molar-refractivity contribution in [2.24, 2.45) is 5.92 Å². The molecule has 1 aromatic heterocycles. The molecule has 5 heteroatoms. The van der Waals surface area contributed by atoms with E-state index in [1.165, 1.54) is 11.3 Å². The van der Waals surface area contributed by atoms with E-state index in [4.69, 9.17) is 0 Å². The second kappa shape index (κ2) is 7.49. The SMILES string of the molecule is CCC(C)C(C(=O)Nc1nnc(C(C)C)s1)c1ccccc1. The Kier molecular flexibility index (Phi) is 5.66. The van der Waals surface area contributed by atoms with E-state index in [-0.39, 0.29) is 17.7 Å². The van der Waals surface area contributed by atoms with E-state index in [9.17, 15) is 4.79 Å². The smallest absolute Gasteiger partial charge is 0.234 e. The van der Waals surface area contributed by atoms with Crippen molar-refractivity contribution in [2.45, 2.75) is 46.0 Å². The summed E-state index contributed by atoms with van der Waals surface area (Å²) in [4.78, 5) is 12.7. The summed E-state index contributed by atoms with van der Waals surface area (Å²) >= 11 is 1.45. The quantitative estimate of drug-likeness (QED) is 0.857. The van der Waals surface area contributed by atoms with Crippen LogP contribution in [-0.4, -0.2) is 16.1 Å². The van der Waals surface area contributed by atoms with Gasteiger partial charge in [-0.25, -0.2) is 0 Å². The molecule has 0 spiro atoms. The zero-order valence-corrected chi connectivity index (χ0v) is 14.4. The first kappa shape index (κ1) is 16.6. The van der Waals surface area contributed by atoms with Gasteiger partial charge < -0.3 is 0 Å². The Morgan fingerprint density at radius 1 is 1.18 bits per heavy atom. The summed E-state index contributed by atoms with van der Waals surface area (Å²) in [5.74, 6) is 0.409. The topological polar surface area (TPSA) is 54.9 Å². The Bertz CT molecular complexity index is 609. The van der Waals surface area contributed by atoms with Crippen LogP contribution in [0.15, 0.2) is 30.3 Å². The lowest BCUT2D eigenvalue weighted by atomic mass is 9.85. The van der Waals surface area contributed by atoms with E-state index in [0.29, 0.717) is 11.0 Å². The molecule has 0 bridgehead atoms. The number of nitrogens with zero attached hydrogens (tertiary/aromatic N) is 2. The number of rotatable bonds is 6. The Labute approximate surface area is 136 Å². The molecular formula is C17H23N3OS. The molecule has 0 aliphatic rings. The van der Waals surface area contributed by atoms with Gasteiger partial charge in [0, 0.05) is 5.92 Å². The fraction of sp³-hybridized carbons (Fsp3) is 0.471. The Morgan fingerprint density at radius 3 is 2.41 bits per heavy atom. The fourth-order valence-corrected chi connectivity index (χ4v) is 3.08. The maximum atomic E-state index is 12.7. The van der Waals surface area contributed by atoms with Crippen molar-refractivity contribution in [2.75, 3.05) is 5.32 Å². The lowest BCUT2D eigenvalue weighted by molar-refractivity contribution is -0.118. The molecule has 1 amide bonds. The molecule has 1 heterocycles. The molecular weight excluding hydrogens is 294 g/mol. The first-order valence-corrected chi connectivity index (χ1v) is 8.53. The molecule has 4 nitrogen and oxygen atoms in total. The average Bonchev–Trinajstić information content (AvgIpc) is 2.97. The van der Waals surface area contributed by atoms with Gasteiger partial charge in [-0.1, -0.05) is 75.8 Å². The van der Waals surface area contributed by atoms with Gasteiger partial charge in [0.15, 0.2) is 0 Å². The highest BCUT2D eigenvalue weighted by molar-refractivity contribution is 7.15. The molecule has 0 aliphatic heterocycles.